The molecule has 1 aliphatic heterocycles. The topological polar surface area (TPSA) is 52.7 Å². The number of carbonyl (C=O) groups is 2. The fourth-order valence-corrected chi connectivity index (χ4v) is 3.26. The lowest BCUT2D eigenvalue weighted by atomic mass is 10.1. The van der Waals surface area contributed by atoms with Gasteiger partial charge >= 0.3 is 0 Å². The Morgan fingerprint density at radius 1 is 0.964 bits per heavy atom. The van der Waals surface area contributed by atoms with Gasteiger partial charge in [-0.3, -0.25) is 15.0 Å². The Kier molecular flexibility index (Phi) is 6.54. The van der Waals surface area contributed by atoms with Gasteiger partial charge in [-0.25, -0.2) is 9.40 Å². The molecule has 0 aliphatic carbocycles. The zero-order valence-electron chi connectivity index (χ0n) is 14.9. The number of nitrogens with one attached hydrogen (secondary N) is 1. The molecule has 0 spiro atoms. The van der Waals surface area contributed by atoms with Gasteiger partial charge in [-0.1, -0.05) is 12.1 Å². The van der Waals surface area contributed by atoms with Gasteiger partial charge in [-0.05, 0) is 48.0 Å². The molecule has 28 heavy (non-hydrogen) atoms. The number of nitrogens with zero attached hydrogens (tertiary/aromatic N) is 2. The van der Waals surface area contributed by atoms with Crippen molar-refractivity contribution in [3.63, 3.8) is 0 Å². The Morgan fingerprint density at radius 3 is 2.14 bits per heavy atom. The Labute approximate surface area is 172 Å². The molecule has 8 heteroatoms. The lowest BCUT2D eigenvalue weighted by Gasteiger charge is -2.22. The minimum atomic E-state index is -0.510. The molecule has 0 saturated carbocycles. The molecule has 0 aromatic heterocycles. The normalized spacial score (nSPS) is 15.2. The molecule has 0 bridgehead atoms. The maximum Gasteiger partial charge on any atom is 0.282 e. The van der Waals surface area contributed by atoms with Gasteiger partial charge in [0.1, 0.15) is 11.4 Å². The molecule has 2 amide bonds. The number of benzene rings is 2. The van der Waals surface area contributed by atoms with E-state index in [0.717, 1.165) is 10.7 Å². The van der Waals surface area contributed by atoms with Crippen LogP contribution in [0.15, 0.2) is 54.1 Å². The first-order chi connectivity index (χ1) is 13.5. The van der Waals surface area contributed by atoms with E-state index in [-0.39, 0.29) is 5.57 Å². The van der Waals surface area contributed by atoms with Gasteiger partial charge in [0.15, 0.2) is 0 Å². The number of anilines is 2. The number of hydrogen-bond acceptors (Lipinski definition) is 3. The molecular formula is C20H18Cl2FN3O2. The molecule has 0 unspecified atom stereocenters. The summed E-state index contributed by atoms with van der Waals surface area (Å²) in [6.45, 7) is 1.34. The van der Waals surface area contributed by atoms with Crippen molar-refractivity contribution in [3.05, 3.63) is 65.5 Å². The molecule has 1 N–H and O–H groups in total. The van der Waals surface area contributed by atoms with Crippen LogP contribution in [0.3, 0.4) is 0 Å². The Hall–Kier alpha value is -2.57. The third kappa shape index (κ3) is 4.46. The number of amides is 2. The zero-order valence-corrected chi connectivity index (χ0v) is 16.4. The summed E-state index contributed by atoms with van der Waals surface area (Å²) in [6.07, 6.45) is 1.53. The van der Waals surface area contributed by atoms with Crippen molar-refractivity contribution in [1.29, 1.82) is 0 Å². The number of hydrazine groups is 1. The largest absolute Gasteiger partial charge is 0.369 e. The summed E-state index contributed by atoms with van der Waals surface area (Å²) >= 11 is 11.7. The first-order valence-corrected chi connectivity index (χ1v) is 9.70. The third-order valence-corrected chi connectivity index (χ3v) is 4.59. The van der Waals surface area contributed by atoms with Crippen LogP contribution in [0, 0.1) is 5.82 Å². The molecule has 1 heterocycles. The summed E-state index contributed by atoms with van der Waals surface area (Å²) in [4.78, 5) is 26.9. The molecule has 2 aromatic rings. The van der Waals surface area contributed by atoms with Crippen molar-refractivity contribution < 1.29 is 14.0 Å². The Balaban J connectivity index is 1.80. The molecule has 3 rings (SSSR count). The molecular weight excluding hydrogens is 404 g/mol. The van der Waals surface area contributed by atoms with Gasteiger partial charge in [0.05, 0.1) is 5.69 Å². The lowest BCUT2D eigenvalue weighted by Crippen LogP contribution is -2.35. The van der Waals surface area contributed by atoms with Crippen LogP contribution in [0.5, 0.6) is 0 Å². The minimum Gasteiger partial charge on any atom is -0.369 e. The quantitative estimate of drug-likeness (QED) is 0.422. The second-order valence-electron chi connectivity index (χ2n) is 6.07. The maximum absolute atomic E-state index is 13.1. The number of carbonyl (C=O) groups excluding carboxylic acids is 2. The summed E-state index contributed by atoms with van der Waals surface area (Å²) in [7, 11) is 0. The van der Waals surface area contributed by atoms with Gasteiger partial charge in [0.2, 0.25) is 0 Å². The van der Waals surface area contributed by atoms with Crippen molar-refractivity contribution in [1.82, 2.24) is 5.43 Å². The van der Waals surface area contributed by atoms with Gasteiger partial charge in [-0.2, -0.15) is 0 Å². The van der Waals surface area contributed by atoms with Crippen molar-refractivity contribution >= 4 is 52.5 Å². The van der Waals surface area contributed by atoms with Gasteiger partial charge in [0, 0.05) is 30.5 Å². The van der Waals surface area contributed by atoms with Gasteiger partial charge < -0.3 is 4.90 Å². The first kappa shape index (κ1) is 20.2. The number of hydrogen-bond donors (Lipinski definition) is 1. The van der Waals surface area contributed by atoms with Crippen molar-refractivity contribution in [2.45, 2.75) is 0 Å². The van der Waals surface area contributed by atoms with Crippen molar-refractivity contribution in [3.8, 4) is 0 Å². The molecule has 1 fully saturated rings. The van der Waals surface area contributed by atoms with E-state index < -0.39 is 17.6 Å². The van der Waals surface area contributed by atoms with E-state index in [1.165, 1.54) is 30.3 Å². The second-order valence-corrected chi connectivity index (χ2v) is 6.83. The molecule has 1 aliphatic rings. The fraction of sp³-hybridized carbons (Fsp3) is 0.200. The summed E-state index contributed by atoms with van der Waals surface area (Å²) in [5.74, 6) is -0.460. The first-order valence-electron chi connectivity index (χ1n) is 8.63. The molecule has 1 saturated heterocycles. The monoisotopic (exact) mass is 421 g/mol. The zero-order chi connectivity index (χ0) is 20.1. The minimum absolute atomic E-state index is 0.00967. The number of alkyl halides is 2. The second kappa shape index (κ2) is 9.08. The van der Waals surface area contributed by atoms with Crippen LogP contribution in [0.1, 0.15) is 5.56 Å². The molecule has 0 radical (unpaired) electrons. The maximum atomic E-state index is 13.1. The van der Waals surface area contributed by atoms with E-state index in [9.17, 15) is 14.0 Å². The van der Waals surface area contributed by atoms with E-state index in [1.807, 2.05) is 24.3 Å². The van der Waals surface area contributed by atoms with Crippen molar-refractivity contribution in [2.75, 3.05) is 34.8 Å². The van der Waals surface area contributed by atoms with Crippen LogP contribution < -0.4 is 15.3 Å². The summed E-state index contributed by atoms with van der Waals surface area (Å²) in [6, 6.07) is 12.7. The van der Waals surface area contributed by atoms with Gasteiger partial charge in [-0.15, -0.1) is 23.2 Å². The lowest BCUT2D eigenvalue weighted by molar-refractivity contribution is -0.117. The smallest absolute Gasteiger partial charge is 0.282 e. The third-order valence-electron chi connectivity index (χ3n) is 4.25. The van der Waals surface area contributed by atoms with Crippen LogP contribution in [-0.2, 0) is 9.59 Å². The fourth-order valence-electron chi connectivity index (χ4n) is 2.85. The van der Waals surface area contributed by atoms with Crippen LogP contribution in [0.2, 0.25) is 0 Å². The van der Waals surface area contributed by atoms with E-state index in [4.69, 9.17) is 23.2 Å². The summed E-state index contributed by atoms with van der Waals surface area (Å²) < 4.78 is 13.1. The summed E-state index contributed by atoms with van der Waals surface area (Å²) in [5.41, 5.74) is 4.55. The van der Waals surface area contributed by atoms with Crippen LogP contribution in [-0.4, -0.2) is 36.7 Å². The highest BCUT2D eigenvalue weighted by Crippen LogP contribution is 2.23. The van der Waals surface area contributed by atoms with Crippen LogP contribution in [0.25, 0.3) is 6.08 Å². The molecule has 5 nitrogen and oxygen atoms in total. The predicted molar refractivity (Wildman–Crippen MR) is 110 cm³/mol. The average Bonchev–Trinajstić information content (AvgIpc) is 2.97. The SMILES string of the molecule is O=C1NN(c2ccc(F)cc2)C(=O)/C1=C\c1ccc(N(CCCl)CCCl)cc1. The highest BCUT2D eigenvalue weighted by atomic mass is 35.5. The van der Waals surface area contributed by atoms with E-state index in [1.54, 1.807) is 0 Å². The standard InChI is InChI=1S/C20H18Cl2FN3O2/c21-9-11-25(12-10-22)16-5-1-14(2-6-16)13-18-19(27)24-26(20(18)28)17-7-3-15(23)4-8-17/h1-8,13H,9-12H2,(H,24,27)/b18-13-. The van der Waals surface area contributed by atoms with Crippen molar-refractivity contribution in [2.24, 2.45) is 0 Å². The highest BCUT2D eigenvalue weighted by molar-refractivity contribution is 6.31. The molecule has 0 atom stereocenters. The van der Waals surface area contributed by atoms with Crippen LogP contribution >= 0.6 is 23.2 Å². The summed E-state index contributed by atoms with van der Waals surface area (Å²) in [5, 5.41) is 1.10. The average molecular weight is 422 g/mol. The Morgan fingerprint density at radius 2 is 1.57 bits per heavy atom. The highest BCUT2D eigenvalue weighted by Gasteiger charge is 2.34. The van der Waals surface area contributed by atoms with E-state index >= 15 is 0 Å². The predicted octanol–water partition coefficient (Wildman–Crippen LogP) is 3.57. The number of halogens is 3. The van der Waals surface area contributed by atoms with E-state index in [0.29, 0.717) is 36.1 Å². The molecule has 146 valence electrons. The number of rotatable bonds is 7. The van der Waals surface area contributed by atoms with Gasteiger partial charge in [0.25, 0.3) is 11.8 Å². The van der Waals surface area contributed by atoms with Crippen LogP contribution in [0.4, 0.5) is 15.8 Å². The molecule has 2 aromatic carbocycles. The van der Waals surface area contributed by atoms with E-state index in [2.05, 4.69) is 10.3 Å². The Bertz CT molecular complexity index is 879.